The van der Waals surface area contributed by atoms with E-state index in [2.05, 4.69) is 15.8 Å². The molecule has 0 atom stereocenters. The molecule has 0 amide bonds. The Kier molecular flexibility index (Phi) is 4.60. The molecule has 0 unspecified atom stereocenters. The molecule has 0 saturated heterocycles. The van der Waals surface area contributed by atoms with Crippen LogP contribution >= 0.6 is 11.3 Å². The van der Waals surface area contributed by atoms with Crippen LogP contribution in [0.1, 0.15) is 5.56 Å². The maximum atomic E-state index is 6.25. The predicted molar refractivity (Wildman–Crippen MR) is 116 cm³/mol. The summed E-state index contributed by atoms with van der Waals surface area (Å²) in [7, 11) is 3.65. The van der Waals surface area contributed by atoms with Crippen molar-refractivity contribution in [1.82, 2.24) is 9.97 Å². The number of para-hydroxylation sites is 2. The van der Waals surface area contributed by atoms with E-state index < -0.39 is 0 Å². The number of thiophene rings is 1. The fourth-order valence-electron chi connectivity index (χ4n) is 3.00. The van der Waals surface area contributed by atoms with Gasteiger partial charge in [0.15, 0.2) is 5.82 Å². The highest BCUT2D eigenvalue weighted by Gasteiger charge is 2.16. The second-order valence-corrected chi connectivity index (χ2v) is 7.20. The number of rotatable bonds is 4. The van der Waals surface area contributed by atoms with Gasteiger partial charge in [0.1, 0.15) is 16.4 Å². The summed E-state index contributed by atoms with van der Waals surface area (Å²) < 4.78 is 5.48. The number of nitrogens with zero attached hydrogens (tertiary/aromatic N) is 3. The zero-order valence-corrected chi connectivity index (χ0v) is 16.3. The molecule has 2 N–H and O–H groups in total. The standard InChI is InChI=1S/C22H18N4OS/c1-4-14-8-7-9-15(12-14)21-24-20(23)16-13-19(28-22(16)25-21)26(2)17-10-5-6-11-18(17)27-3/h1,5-13H,2-3H3,(H2,23,24,25). The molecule has 0 fully saturated rings. The number of nitrogen functional groups attached to an aromatic ring is 1. The number of methoxy groups -OCH3 is 1. The third kappa shape index (κ3) is 3.13. The Bertz CT molecular complexity index is 1210. The number of terminal acetylenes is 1. The van der Waals surface area contributed by atoms with Crippen LogP contribution in [-0.4, -0.2) is 24.1 Å². The highest BCUT2D eigenvalue weighted by molar-refractivity contribution is 7.22. The molecule has 2 aromatic heterocycles. The lowest BCUT2D eigenvalue weighted by molar-refractivity contribution is 0.415. The molecule has 0 saturated carbocycles. The Morgan fingerprint density at radius 3 is 2.71 bits per heavy atom. The SMILES string of the molecule is C#Cc1cccc(-c2nc(N)c3cc(N(C)c4ccccc4OC)sc3n2)c1. The smallest absolute Gasteiger partial charge is 0.163 e. The Morgan fingerprint density at radius 1 is 1.11 bits per heavy atom. The van der Waals surface area contributed by atoms with Gasteiger partial charge in [-0.2, -0.15) is 0 Å². The first-order valence-electron chi connectivity index (χ1n) is 8.61. The normalized spacial score (nSPS) is 10.6. The van der Waals surface area contributed by atoms with E-state index in [9.17, 15) is 0 Å². The number of benzene rings is 2. The van der Waals surface area contributed by atoms with E-state index in [1.54, 1.807) is 18.4 Å². The van der Waals surface area contributed by atoms with Gasteiger partial charge in [-0.15, -0.1) is 6.42 Å². The van der Waals surface area contributed by atoms with E-state index >= 15 is 0 Å². The van der Waals surface area contributed by atoms with Gasteiger partial charge in [0.05, 0.1) is 23.2 Å². The van der Waals surface area contributed by atoms with Gasteiger partial charge in [-0.05, 0) is 30.3 Å². The summed E-state index contributed by atoms with van der Waals surface area (Å²) in [6, 6.07) is 17.4. The second kappa shape index (κ2) is 7.22. The third-order valence-corrected chi connectivity index (χ3v) is 5.58. The number of hydrogen-bond acceptors (Lipinski definition) is 6. The first-order chi connectivity index (χ1) is 13.6. The lowest BCUT2D eigenvalue weighted by atomic mass is 10.1. The largest absolute Gasteiger partial charge is 0.495 e. The minimum absolute atomic E-state index is 0.446. The van der Waals surface area contributed by atoms with Crippen LogP contribution in [0.2, 0.25) is 0 Å². The predicted octanol–water partition coefficient (Wildman–Crippen LogP) is 4.70. The highest BCUT2D eigenvalue weighted by Crippen LogP contribution is 2.40. The first kappa shape index (κ1) is 17.8. The van der Waals surface area contributed by atoms with Gasteiger partial charge in [0, 0.05) is 18.2 Å². The number of ether oxygens (including phenoxy) is 1. The van der Waals surface area contributed by atoms with Gasteiger partial charge in [-0.1, -0.05) is 41.5 Å². The molecule has 2 heterocycles. The number of fused-ring (bicyclic) bond motifs is 1. The van der Waals surface area contributed by atoms with Crippen LogP contribution in [-0.2, 0) is 0 Å². The maximum Gasteiger partial charge on any atom is 0.163 e. The molecule has 0 aliphatic carbocycles. The number of aromatic nitrogens is 2. The van der Waals surface area contributed by atoms with E-state index in [1.807, 2.05) is 61.6 Å². The Morgan fingerprint density at radius 2 is 1.93 bits per heavy atom. The zero-order chi connectivity index (χ0) is 19.7. The van der Waals surface area contributed by atoms with Crippen LogP contribution in [0.5, 0.6) is 5.75 Å². The van der Waals surface area contributed by atoms with Gasteiger partial charge >= 0.3 is 0 Å². The molecule has 0 bridgehead atoms. The molecule has 2 aromatic carbocycles. The van der Waals surface area contributed by atoms with Gasteiger partial charge in [-0.25, -0.2) is 9.97 Å². The van der Waals surface area contributed by atoms with Crippen molar-refractivity contribution in [2.75, 3.05) is 24.8 Å². The number of hydrogen-bond donors (Lipinski definition) is 1. The molecule has 4 aromatic rings. The zero-order valence-electron chi connectivity index (χ0n) is 15.5. The van der Waals surface area contributed by atoms with Crippen LogP contribution in [0.3, 0.4) is 0 Å². The molecule has 4 rings (SSSR count). The minimum atomic E-state index is 0.446. The summed E-state index contributed by atoms with van der Waals surface area (Å²) in [6.45, 7) is 0. The molecule has 5 nitrogen and oxygen atoms in total. The summed E-state index contributed by atoms with van der Waals surface area (Å²) in [5.74, 6) is 4.45. The van der Waals surface area contributed by atoms with Crippen LogP contribution in [0.15, 0.2) is 54.6 Å². The van der Waals surface area contributed by atoms with Crippen LogP contribution in [0.25, 0.3) is 21.6 Å². The summed E-state index contributed by atoms with van der Waals surface area (Å²) in [5, 5.41) is 1.83. The molecule has 138 valence electrons. The van der Waals surface area contributed by atoms with Crippen molar-refractivity contribution in [1.29, 1.82) is 0 Å². The Balaban J connectivity index is 1.79. The van der Waals surface area contributed by atoms with Crippen LogP contribution < -0.4 is 15.4 Å². The fraction of sp³-hybridized carbons (Fsp3) is 0.0909. The Labute approximate surface area is 167 Å². The summed E-state index contributed by atoms with van der Waals surface area (Å²) in [6.07, 6.45) is 5.50. The molecule has 0 aliphatic rings. The van der Waals surface area contributed by atoms with Gasteiger partial charge in [0.25, 0.3) is 0 Å². The second-order valence-electron chi connectivity index (χ2n) is 6.19. The average Bonchev–Trinajstić information content (AvgIpc) is 3.18. The number of anilines is 3. The molecular weight excluding hydrogens is 368 g/mol. The first-order valence-corrected chi connectivity index (χ1v) is 9.43. The van der Waals surface area contributed by atoms with Gasteiger partial charge in [-0.3, -0.25) is 0 Å². The van der Waals surface area contributed by atoms with Crippen molar-refractivity contribution >= 4 is 38.1 Å². The van der Waals surface area contributed by atoms with Crippen molar-refractivity contribution in [3.63, 3.8) is 0 Å². The lowest BCUT2D eigenvalue weighted by Crippen LogP contribution is -2.08. The van der Waals surface area contributed by atoms with E-state index in [1.165, 1.54) is 0 Å². The molecule has 0 spiro atoms. The van der Waals surface area contributed by atoms with E-state index in [-0.39, 0.29) is 0 Å². The monoisotopic (exact) mass is 386 g/mol. The van der Waals surface area contributed by atoms with Crippen molar-refractivity contribution < 1.29 is 4.74 Å². The minimum Gasteiger partial charge on any atom is -0.495 e. The fourth-order valence-corrected chi connectivity index (χ4v) is 4.01. The third-order valence-electron chi connectivity index (χ3n) is 4.47. The van der Waals surface area contributed by atoms with Gasteiger partial charge < -0.3 is 15.4 Å². The molecule has 6 heteroatoms. The molecular formula is C22H18N4OS. The summed E-state index contributed by atoms with van der Waals surface area (Å²) in [4.78, 5) is 12.1. The topological polar surface area (TPSA) is 64.3 Å². The maximum absolute atomic E-state index is 6.25. The molecule has 0 aliphatic heterocycles. The molecule has 28 heavy (non-hydrogen) atoms. The number of nitrogens with two attached hydrogens (primary N) is 1. The van der Waals surface area contributed by atoms with Crippen molar-refractivity contribution in [2.45, 2.75) is 0 Å². The van der Waals surface area contributed by atoms with E-state index in [4.69, 9.17) is 21.9 Å². The van der Waals surface area contributed by atoms with E-state index in [0.717, 1.165) is 37.8 Å². The highest BCUT2D eigenvalue weighted by atomic mass is 32.1. The van der Waals surface area contributed by atoms with Crippen LogP contribution in [0.4, 0.5) is 16.5 Å². The van der Waals surface area contributed by atoms with Gasteiger partial charge in [0.2, 0.25) is 0 Å². The van der Waals surface area contributed by atoms with Crippen molar-refractivity contribution in [3.05, 3.63) is 60.2 Å². The Hall–Kier alpha value is -3.56. The lowest BCUT2D eigenvalue weighted by Gasteiger charge is -2.19. The average molecular weight is 386 g/mol. The van der Waals surface area contributed by atoms with Crippen molar-refractivity contribution in [3.8, 4) is 29.5 Å². The van der Waals surface area contributed by atoms with Crippen molar-refractivity contribution in [2.24, 2.45) is 0 Å². The quantitative estimate of drug-likeness (QED) is 0.515. The summed E-state index contributed by atoms with van der Waals surface area (Å²) >= 11 is 1.55. The van der Waals surface area contributed by atoms with E-state index in [0.29, 0.717) is 11.6 Å². The molecule has 0 radical (unpaired) electrons. The van der Waals surface area contributed by atoms with Crippen LogP contribution in [0, 0.1) is 12.3 Å². The summed E-state index contributed by atoms with van der Waals surface area (Å²) in [5.41, 5.74) is 8.83.